The van der Waals surface area contributed by atoms with Gasteiger partial charge in [-0.05, 0) is 24.1 Å². The van der Waals surface area contributed by atoms with E-state index in [1.165, 1.54) is 17.9 Å². The number of nitrogens with zero attached hydrogens (tertiary/aromatic N) is 2. The van der Waals surface area contributed by atoms with Gasteiger partial charge in [0.1, 0.15) is 5.82 Å². The smallest absolute Gasteiger partial charge is 0.375 e. The van der Waals surface area contributed by atoms with Crippen LogP contribution in [-0.4, -0.2) is 35.2 Å². The Morgan fingerprint density at radius 3 is 2.60 bits per heavy atom. The Morgan fingerprint density at radius 1 is 1.20 bits per heavy atom. The normalized spacial score (nSPS) is 11.7. The van der Waals surface area contributed by atoms with Crippen LogP contribution in [0.5, 0.6) is 0 Å². The zero-order chi connectivity index (χ0) is 21.7. The predicted octanol–water partition coefficient (Wildman–Crippen LogP) is 2.51. The minimum absolute atomic E-state index is 0.0148. The lowest BCUT2D eigenvalue weighted by molar-refractivity contribution is -0.141. The molecular weight excluding hydrogens is 395 g/mol. The van der Waals surface area contributed by atoms with Gasteiger partial charge in [-0.15, -0.1) is 0 Å². The van der Waals surface area contributed by atoms with Gasteiger partial charge in [-0.3, -0.25) is 9.59 Å². The van der Waals surface area contributed by atoms with Gasteiger partial charge in [-0.25, -0.2) is 14.2 Å². The Kier molecular flexibility index (Phi) is 6.41. The lowest BCUT2D eigenvalue weighted by Crippen LogP contribution is -2.19. The topological polar surface area (TPSA) is 101 Å². The van der Waals surface area contributed by atoms with Crippen LogP contribution in [-0.2, 0) is 20.8 Å². The average Bonchev–Trinajstić information content (AvgIpc) is 3.22. The van der Waals surface area contributed by atoms with Gasteiger partial charge < -0.3 is 18.5 Å². The molecule has 0 radical (unpaired) electrons. The van der Waals surface area contributed by atoms with Crippen molar-refractivity contribution < 1.29 is 27.9 Å². The van der Waals surface area contributed by atoms with E-state index >= 15 is 0 Å². The summed E-state index contributed by atoms with van der Waals surface area (Å²) >= 11 is 0. The summed E-state index contributed by atoms with van der Waals surface area (Å²) in [5.41, 5.74) is 0.892. The highest BCUT2D eigenvalue weighted by molar-refractivity contribution is 5.86. The lowest BCUT2D eigenvalue weighted by Gasteiger charge is -2.13. The molecule has 0 saturated carbocycles. The summed E-state index contributed by atoms with van der Waals surface area (Å²) in [6.07, 6.45) is 2.31. The molecular formula is C21H19FN2O6. The van der Waals surface area contributed by atoms with E-state index in [-0.39, 0.29) is 30.4 Å². The van der Waals surface area contributed by atoms with Gasteiger partial charge in [0.2, 0.25) is 11.7 Å². The van der Waals surface area contributed by atoms with E-state index in [0.717, 1.165) is 23.9 Å². The molecule has 3 aromatic rings. The highest BCUT2D eigenvalue weighted by atomic mass is 19.1. The molecule has 0 amide bonds. The fourth-order valence-electron chi connectivity index (χ4n) is 2.85. The van der Waals surface area contributed by atoms with Crippen molar-refractivity contribution in [2.75, 3.05) is 13.7 Å². The molecule has 8 nitrogen and oxygen atoms in total. The molecule has 0 bridgehead atoms. The molecule has 9 heteroatoms. The third-order valence-corrected chi connectivity index (χ3v) is 4.30. The number of hydrogen-bond acceptors (Lipinski definition) is 7. The number of ether oxygens (including phenoxy) is 2. The van der Waals surface area contributed by atoms with Crippen molar-refractivity contribution in [1.29, 1.82) is 0 Å². The second-order valence-corrected chi connectivity index (χ2v) is 6.29. The summed E-state index contributed by atoms with van der Waals surface area (Å²) < 4.78 is 29.7. The van der Waals surface area contributed by atoms with Crippen LogP contribution in [0, 0.1) is 5.82 Å². The Hall–Kier alpha value is -3.75. The molecule has 0 aliphatic carbocycles. The third kappa shape index (κ3) is 4.62. The summed E-state index contributed by atoms with van der Waals surface area (Å²) in [5.74, 6) is -2.96. The minimum atomic E-state index is -0.996. The number of esters is 2. The Balaban J connectivity index is 1.87. The first-order valence-corrected chi connectivity index (χ1v) is 9.08. The van der Waals surface area contributed by atoms with E-state index in [1.807, 2.05) is 0 Å². The van der Waals surface area contributed by atoms with Gasteiger partial charge in [0.25, 0.3) is 5.56 Å². The SMILES string of the molecule is CCOC(=O)c1cnc(C(C(=O)OC)c2ccc(Cn3cc(F)ccc3=O)cc2)o1. The maximum Gasteiger partial charge on any atom is 0.375 e. The monoisotopic (exact) mass is 414 g/mol. The number of oxazole rings is 1. The van der Waals surface area contributed by atoms with Crippen LogP contribution in [0.25, 0.3) is 0 Å². The van der Waals surface area contributed by atoms with Crippen molar-refractivity contribution in [1.82, 2.24) is 9.55 Å². The summed E-state index contributed by atoms with van der Waals surface area (Å²) in [4.78, 5) is 40.0. The first-order valence-electron chi connectivity index (χ1n) is 9.08. The van der Waals surface area contributed by atoms with E-state index in [2.05, 4.69) is 4.98 Å². The van der Waals surface area contributed by atoms with E-state index in [1.54, 1.807) is 31.2 Å². The molecule has 0 fully saturated rings. The van der Waals surface area contributed by atoms with Crippen molar-refractivity contribution in [2.45, 2.75) is 19.4 Å². The van der Waals surface area contributed by atoms with Crippen LogP contribution in [0.2, 0.25) is 0 Å². The number of halogens is 1. The van der Waals surface area contributed by atoms with Crippen LogP contribution in [0.15, 0.2) is 58.0 Å². The fraction of sp³-hybridized carbons (Fsp3) is 0.238. The summed E-state index contributed by atoms with van der Waals surface area (Å²) in [7, 11) is 1.23. The highest BCUT2D eigenvalue weighted by Crippen LogP contribution is 2.26. The average molecular weight is 414 g/mol. The number of pyridine rings is 1. The number of rotatable bonds is 7. The maximum absolute atomic E-state index is 13.4. The van der Waals surface area contributed by atoms with Gasteiger partial charge in [-0.1, -0.05) is 24.3 Å². The van der Waals surface area contributed by atoms with E-state index in [4.69, 9.17) is 13.9 Å². The van der Waals surface area contributed by atoms with Crippen molar-refractivity contribution in [3.63, 3.8) is 0 Å². The molecule has 3 rings (SSSR count). The summed E-state index contributed by atoms with van der Waals surface area (Å²) in [5, 5.41) is 0. The minimum Gasteiger partial charge on any atom is -0.468 e. The summed E-state index contributed by atoms with van der Waals surface area (Å²) in [6, 6.07) is 8.94. The van der Waals surface area contributed by atoms with Crippen molar-refractivity contribution in [3.05, 3.63) is 87.7 Å². The maximum atomic E-state index is 13.4. The molecule has 2 aromatic heterocycles. The zero-order valence-corrected chi connectivity index (χ0v) is 16.3. The Bertz CT molecular complexity index is 1100. The van der Waals surface area contributed by atoms with Gasteiger partial charge >= 0.3 is 11.9 Å². The molecule has 0 aliphatic rings. The van der Waals surface area contributed by atoms with Gasteiger partial charge in [0, 0.05) is 12.3 Å². The molecule has 1 unspecified atom stereocenters. The number of hydrogen-bond donors (Lipinski definition) is 0. The second kappa shape index (κ2) is 9.17. The van der Waals surface area contributed by atoms with Crippen LogP contribution in [0.3, 0.4) is 0 Å². The molecule has 1 atom stereocenters. The van der Waals surface area contributed by atoms with Gasteiger partial charge in [-0.2, -0.15) is 0 Å². The van der Waals surface area contributed by atoms with Crippen molar-refractivity contribution in [3.8, 4) is 0 Å². The fourth-order valence-corrected chi connectivity index (χ4v) is 2.85. The van der Waals surface area contributed by atoms with Crippen LogP contribution in [0.4, 0.5) is 4.39 Å². The molecule has 0 saturated heterocycles. The predicted molar refractivity (Wildman–Crippen MR) is 103 cm³/mol. The number of carbonyl (C=O) groups is 2. The quantitative estimate of drug-likeness (QED) is 0.548. The number of aromatic nitrogens is 2. The van der Waals surface area contributed by atoms with Crippen molar-refractivity contribution >= 4 is 11.9 Å². The Labute approximate surface area is 170 Å². The lowest BCUT2D eigenvalue weighted by atomic mass is 9.98. The zero-order valence-electron chi connectivity index (χ0n) is 16.3. The van der Waals surface area contributed by atoms with E-state index < -0.39 is 23.7 Å². The number of benzene rings is 1. The number of methoxy groups -OCH3 is 1. The van der Waals surface area contributed by atoms with Gasteiger partial charge in [0.05, 0.1) is 26.5 Å². The Morgan fingerprint density at radius 2 is 1.93 bits per heavy atom. The van der Waals surface area contributed by atoms with Crippen LogP contribution < -0.4 is 5.56 Å². The first kappa shape index (κ1) is 21.0. The standard InChI is InChI=1S/C21H19FN2O6/c1-3-29-20(26)16-10-23-19(30-16)18(21(27)28-2)14-6-4-13(5-7-14)11-24-12-15(22)8-9-17(24)25/h4-10,12,18H,3,11H2,1-2H3. The van der Waals surface area contributed by atoms with E-state index in [0.29, 0.717) is 5.56 Å². The largest absolute Gasteiger partial charge is 0.468 e. The van der Waals surface area contributed by atoms with Crippen molar-refractivity contribution in [2.24, 2.45) is 0 Å². The van der Waals surface area contributed by atoms with Gasteiger partial charge in [0.15, 0.2) is 5.92 Å². The molecule has 0 N–H and O–H groups in total. The highest BCUT2D eigenvalue weighted by Gasteiger charge is 2.29. The third-order valence-electron chi connectivity index (χ3n) is 4.30. The molecule has 2 heterocycles. The molecule has 0 aliphatic heterocycles. The van der Waals surface area contributed by atoms with E-state index in [9.17, 15) is 18.8 Å². The van der Waals surface area contributed by atoms with Crippen LogP contribution in [0.1, 0.15) is 40.4 Å². The number of carbonyl (C=O) groups excluding carboxylic acids is 2. The molecule has 30 heavy (non-hydrogen) atoms. The molecule has 0 spiro atoms. The molecule has 1 aromatic carbocycles. The van der Waals surface area contributed by atoms with Crippen LogP contribution >= 0.6 is 0 Å². The summed E-state index contributed by atoms with van der Waals surface area (Å²) in [6.45, 7) is 1.99. The molecule has 156 valence electrons. The second-order valence-electron chi connectivity index (χ2n) is 6.29. The first-order chi connectivity index (χ1) is 14.4.